The van der Waals surface area contributed by atoms with Crippen LogP contribution < -0.4 is 5.32 Å². The van der Waals surface area contributed by atoms with Crippen LogP contribution in [0.4, 0.5) is 0 Å². The fraction of sp³-hybridized carbons (Fsp3) is 0.364. The molecule has 0 aliphatic heterocycles. The highest BCUT2D eigenvalue weighted by Crippen LogP contribution is 2.19. The summed E-state index contributed by atoms with van der Waals surface area (Å²) in [6.45, 7) is 7.82. The molecule has 0 aliphatic carbocycles. The average Bonchev–Trinajstić information content (AvgIpc) is 3.07. The largest absolute Gasteiger partial charge is 0.481 e. The van der Waals surface area contributed by atoms with Crippen LogP contribution in [-0.4, -0.2) is 38.3 Å². The predicted octanol–water partition coefficient (Wildman–Crippen LogP) is 3.30. The van der Waals surface area contributed by atoms with Crippen molar-refractivity contribution in [1.82, 2.24) is 20.1 Å². The van der Waals surface area contributed by atoms with E-state index in [-0.39, 0.29) is 18.5 Å². The van der Waals surface area contributed by atoms with Crippen LogP contribution in [0.15, 0.2) is 36.5 Å². The molecule has 1 unspecified atom stereocenters. The standard InChI is InChI=1S/C22H26N4O3/c1-13(2)26-20-17(12-24-26)10-19(15(4)25-20)21(27)23-11-18(22(28)29)9-16-7-5-6-14(3)8-16/h5-8,10,12-13,18H,9,11H2,1-4H3,(H,23,27)(H,28,29). The van der Waals surface area contributed by atoms with E-state index in [1.807, 2.05) is 49.7 Å². The molecule has 152 valence electrons. The van der Waals surface area contributed by atoms with Gasteiger partial charge < -0.3 is 10.4 Å². The molecular formula is C22H26N4O3. The van der Waals surface area contributed by atoms with E-state index in [4.69, 9.17) is 0 Å². The molecule has 7 nitrogen and oxygen atoms in total. The lowest BCUT2D eigenvalue weighted by molar-refractivity contribution is -0.141. The first-order valence-electron chi connectivity index (χ1n) is 9.67. The Morgan fingerprint density at radius 3 is 2.62 bits per heavy atom. The fourth-order valence-corrected chi connectivity index (χ4v) is 3.36. The number of aryl methyl sites for hydroxylation is 2. The Balaban J connectivity index is 1.74. The molecule has 1 aromatic carbocycles. The Labute approximate surface area is 169 Å². The Morgan fingerprint density at radius 2 is 1.97 bits per heavy atom. The lowest BCUT2D eigenvalue weighted by Crippen LogP contribution is -2.34. The van der Waals surface area contributed by atoms with E-state index in [1.165, 1.54) is 0 Å². The van der Waals surface area contributed by atoms with Crippen LogP contribution in [0, 0.1) is 19.8 Å². The zero-order valence-electron chi connectivity index (χ0n) is 17.1. The van der Waals surface area contributed by atoms with Gasteiger partial charge in [0.05, 0.1) is 23.4 Å². The maximum absolute atomic E-state index is 12.7. The summed E-state index contributed by atoms with van der Waals surface area (Å²) in [4.78, 5) is 28.9. The van der Waals surface area contributed by atoms with Crippen molar-refractivity contribution in [1.29, 1.82) is 0 Å². The molecule has 1 atom stereocenters. The molecule has 7 heteroatoms. The van der Waals surface area contributed by atoms with Crippen LogP contribution in [0.2, 0.25) is 0 Å². The Kier molecular flexibility index (Phi) is 5.96. The minimum Gasteiger partial charge on any atom is -0.481 e. The monoisotopic (exact) mass is 394 g/mol. The lowest BCUT2D eigenvalue weighted by atomic mass is 9.98. The maximum Gasteiger partial charge on any atom is 0.308 e. The van der Waals surface area contributed by atoms with Crippen molar-refractivity contribution in [3.8, 4) is 0 Å². The molecule has 1 amide bonds. The van der Waals surface area contributed by atoms with Crippen molar-refractivity contribution >= 4 is 22.9 Å². The molecular weight excluding hydrogens is 368 g/mol. The van der Waals surface area contributed by atoms with E-state index in [0.717, 1.165) is 22.2 Å². The molecule has 3 aromatic rings. The van der Waals surface area contributed by atoms with E-state index in [0.29, 0.717) is 17.7 Å². The van der Waals surface area contributed by atoms with Crippen LogP contribution in [0.1, 0.15) is 47.1 Å². The number of pyridine rings is 1. The number of benzene rings is 1. The summed E-state index contributed by atoms with van der Waals surface area (Å²) in [5, 5.41) is 17.4. The van der Waals surface area contributed by atoms with E-state index >= 15 is 0 Å². The summed E-state index contributed by atoms with van der Waals surface area (Å²) in [7, 11) is 0. The van der Waals surface area contributed by atoms with Gasteiger partial charge >= 0.3 is 5.97 Å². The summed E-state index contributed by atoms with van der Waals surface area (Å²) in [5.41, 5.74) is 3.76. The quantitative estimate of drug-likeness (QED) is 0.641. The third-order valence-electron chi connectivity index (χ3n) is 4.92. The van der Waals surface area contributed by atoms with Gasteiger partial charge in [0.1, 0.15) is 0 Å². The first-order valence-corrected chi connectivity index (χ1v) is 9.67. The molecule has 0 saturated heterocycles. The number of fused-ring (bicyclic) bond motifs is 1. The molecule has 0 spiro atoms. The van der Waals surface area contributed by atoms with Gasteiger partial charge in [0, 0.05) is 18.0 Å². The number of amides is 1. The number of nitrogens with zero attached hydrogens (tertiary/aromatic N) is 3. The van der Waals surface area contributed by atoms with Crippen LogP contribution in [-0.2, 0) is 11.2 Å². The molecule has 3 rings (SSSR count). The SMILES string of the molecule is Cc1cccc(CC(CNC(=O)c2cc3cnn(C(C)C)c3nc2C)C(=O)O)c1. The van der Waals surface area contributed by atoms with Gasteiger partial charge in [-0.1, -0.05) is 29.8 Å². The third-order valence-corrected chi connectivity index (χ3v) is 4.92. The van der Waals surface area contributed by atoms with Crippen molar-refractivity contribution < 1.29 is 14.7 Å². The highest BCUT2D eigenvalue weighted by Gasteiger charge is 2.21. The first-order chi connectivity index (χ1) is 13.8. The second kappa shape index (κ2) is 8.43. The minimum absolute atomic E-state index is 0.0465. The van der Waals surface area contributed by atoms with Gasteiger partial charge in [-0.05, 0) is 45.7 Å². The van der Waals surface area contributed by atoms with Crippen LogP contribution in [0.3, 0.4) is 0 Å². The predicted molar refractivity (Wildman–Crippen MR) is 111 cm³/mol. The summed E-state index contributed by atoms with van der Waals surface area (Å²) >= 11 is 0. The zero-order valence-corrected chi connectivity index (χ0v) is 17.1. The van der Waals surface area contributed by atoms with Crippen LogP contribution in [0.5, 0.6) is 0 Å². The number of carboxylic acid groups (broad SMARTS) is 1. The van der Waals surface area contributed by atoms with E-state index in [9.17, 15) is 14.7 Å². The molecule has 0 radical (unpaired) electrons. The number of carbonyl (C=O) groups is 2. The third kappa shape index (κ3) is 4.62. The highest BCUT2D eigenvalue weighted by atomic mass is 16.4. The smallest absolute Gasteiger partial charge is 0.308 e. The number of hydrogen-bond donors (Lipinski definition) is 2. The number of aromatic nitrogens is 3. The van der Waals surface area contributed by atoms with Gasteiger partial charge in [-0.15, -0.1) is 0 Å². The Morgan fingerprint density at radius 1 is 1.21 bits per heavy atom. The number of rotatable bonds is 7. The number of hydrogen-bond acceptors (Lipinski definition) is 4. The zero-order chi connectivity index (χ0) is 21.1. The second-order valence-electron chi connectivity index (χ2n) is 7.66. The summed E-state index contributed by atoms with van der Waals surface area (Å²) in [5.74, 6) is -1.97. The van der Waals surface area contributed by atoms with Gasteiger partial charge in [0.2, 0.25) is 0 Å². The van der Waals surface area contributed by atoms with E-state index < -0.39 is 11.9 Å². The van der Waals surface area contributed by atoms with Gasteiger partial charge in [0.25, 0.3) is 5.91 Å². The van der Waals surface area contributed by atoms with Crippen LogP contribution >= 0.6 is 0 Å². The number of aliphatic carboxylic acids is 1. The normalized spacial score (nSPS) is 12.3. The van der Waals surface area contributed by atoms with E-state index in [1.54, 1.807) is 19.2 Å². The van der Waals surface area contributed by atoms with Crippen molar-refractivity contribution in [2.45, 2.75) is 40.2 Å². The fourth-order valence-electron chi connectivity index (χ4n) is 3.36. The van der Waals surface area contributed by atoms with E-state index in [2.05, 4.69) is 15.4 Å². The lowest BCUT2D eigenvalue weighted by Gasteiger charge is -2.15. The summed E-state index contributed by atoms with van der Waals surface area (Å²) < 4.78 is 1.81. The number of carbonyl (C=O) groups excluding carboxylic acids is 1. The Hall–Kier alpha value is -3.22. The van der Waals surface area contributed by atoms with Gasteiger partial charge in [0.15, 0.2) is 5.65 Å². The molecule has 29 heavy (non-hydrogen) atoms. The molecule has 2 heterocycles. The molecule has 0 bridgehead atoms. The second-order valence-corrected chi connectivity index (χ2v) is 7.66. The molecule has 2 N–H and O–H groups in total. The molecule has 0 fully saturated rings. The molecule has 2 aromatic heterocycles. The van der Waals surface area contributed by atoms with Gasteiger partial charge in [-0.2, -0.15) is 5.10 Å². The Bertz CT molecular complexity index is 1060. The van der Waals surface area contributed by atoms with Crippen molar-refractivity contribution in [2.24, 2.45) is 5.92 Å². The van der Waals surface area contributed by atoms with Gasteiger partial charge in [-0.25, -0.2) is 9.67 Å². The maximum atomic E-state index is 12.7. The summed E-state index contributed by atoms with van der Waals surface area (Å²) in [6, 6.07) is 9.66. The van der Waals surface area contributed by atoms with Crippen molar-refractivity contribution in [3.05, 3.63) is 58.9 Å². The average molecular weight is 394 g/mol. The highest BCUT2D eigenvalue weighted by molar-refractivity contribution is 5.98. The molecule has 0 saturated carbocycles. The van der Waals surface area contributed by atoms with Crippen molar-refractivity contribution in [3.63, 3.8) is 0 Å². The first kappa shape index (κ1) is 20.5. The number of carboxylic acids is 1. The minimum atomic E-state index is -0.935. The van der Waals surface area contributed by atoms with Gasteiger partial charge in [-0.3, -0.25) is 9.59 Å². The summed E-state index contributed by atoms with van der Waals surface area (Å²) in [6.07, 6.45) is 2.05. The topological polar surface area (TPSA) is 97.1 Å². The van der Waals surface area contributed by atoms with Crippen molar-refractivity contribution in [2.75, 3.05) is 6.54 Å². The molecule has 0 aliphatic rings. The number of nitrogens with one attached hydrogen (secondary N) is 1. The van der Waals surface area contributed by atoms with Crippen LogP contribution in [0.25, 0.3) is 11.0 Å².